The van der Waals surface area contributed by atoms with E-state index in [4.69, 9.17) is 0 Å². The predicted octanol–water partition coefficient (Wildman–Crippen LogP) is 4.99. The molecule has 0 saturated heterocycles. The molecular weight excluding hydrogens is 449 g/mol. The van der Waals surface area contributed by atoms with Crippen LogP contribution in [0.15, 0.2) is 53.0 Å². The van der Waals surface area contributed by atoms with Crippen molar-refractivity contribution in [3.05, 3.63) is 64.1 Å². The number of hydrogen-bond donors (Lipinski definition) is 1. The molecule has 0 unspecified atom stereocenters. The Balaban J connectivity index is 1.74. The zero-order chi connectivity index (χ0) is 21.2. The third kappa shape index (κ3) is 4.63. The molecule has 1 N–H and O–H groups in total. The summed E-state index contributed by atoms with van der Waals surface area (Å²) in [5.41, 5.74) is -1.03. The molecule has 8 heteroatoms. The topological polar surface area (TPSA) is 49.4 Å². The summed E-state index contributed by atoms with van der Waals surface area (Å²) >= 11 is 3.40. The molecule has 2 amide bonds. The van der Waals surface area contributed by atoms with Gasteiger partial charge in [0, 0.05) is 11.0 Å². The number of benzene rings is 2. The highest BCUT2D eigenvalue weighted by atomic mass is 79.9. The van der Waals surface area contributed by atoms with Crippen LogP contribution in [0.3, 0.4) is 0 Å². The fourth-order valence-electron chi connectivity index (χ4n) is 3.37. The van der Waals surface area contributed by atoms with E-state index in [0.717, 1.165) is 16.1 Å². The van der Waals surface area contributed by atoms with Gasteiger partial charge >= 0.3 is 6.18 Å². The maximum absolute atomic E-state index is 13.1. The Morgan fingerprint density at radius 3 is 2.41 bits per heavy atom. The zero-order valence-electron chi connectivity index (χ0n) is 15.7. The quantitative estimate of drug-likeness (QED) is 0.649. The summed E-state index contributed by atoms with van der Waals surface area (Å²) < 4.78 is 40.2. The van der Waals surface area contributed by atoms with Gasteiger partial charge in [-0.2, -0.15) is 13.2 Å². The third-order valence-corrected chi connectivity index (χ3v) is 5.54. The molecule has 2 aromatic rings. The second-order valence-electron chi connectivity index (χ2n) is 7.00. The fourth-order valence-corrected chi connectivity index (χ4v) is 3.77. The molecule has 0 atom stereocenters. The van der Waals surface area contributed by atoms with Gasteiger partial charge in [-0.15, -0.1) is 0 Å². The van der Waals surface area contributed by atoms with E-state index in [9.17, 15) is 22.8 Å². The highest BCUT2D eigenvalue weighted by Crippen LogP contribution is 2.50. The Labute approximate surface area is 175 Å². The number of likely N-dealkylation sites (N-methyl/N-ethyl adjacent to an activating group) is 1. The van der Waals surface area contributed by atoms with Gasteiger partial charge in [-0.05, 0) is 49.6 Å². The molecule has 0 aliphatic heterocycles. The van der Waals surface area contributed by atoms with Gasteiger partial charge in [-0.25, -0.2) is 0 Å². The number of amides is 2. The van der Waals surface area contributed by atoms with Gasteiger partial charge in [0.05, 0.1) is 23.2 Å². The van der Waals surface area contributed by atoms with E-state index in [1.165, 1.54) is 23.1 Å². The summed E-state index contributed by atoms with van der Waals surface area (Å²) in [5, 5.41) is 2.30. The number of anilines is 1. The number of carbonyl (C=O) groups excluding carboxylic acids is 2. The first-order valence-electron chi connectivity index (χ1n) is 9.19. The van der Waals surface area contributed by atoms with Crippen LogP contribution in [0.5, 0.6) is 0 Å². The Morgan fingerprint density at radius 2 is 1.83 bits per heavy atom. The highest BCUT2D eigenvalue weighted by molar-refractivity contribution is 9.10. The average Bonchev–Trinajstić information content (AvgIpc) is 3.47. The number of carbonyl (C=O) groups is 2. The SMILES string of the molecule is CCN(CC(=O)Nc1ccccc1C(F)(F)F)C(=O)C1(c2cccc(Br)c2)CC1. The second-order valence-corrected chi connectivity index (χ2v) is 7.92. The zero-order valence-corrected chi connectivity index (χ0v) is 17.3. The van der Waals surface area contributed by atoms with Crippen LogP contribution in [0, 0.1) is 0 Å². The van der Waals surface area contributed by atoms with Gasteiger partial charge in [0.25, 0.3) is 0 Å². The summed E-state index contributed by atoms with van der Waals surface area (Å²) in [5.74, 6) is -0.848. The number of nitrogens with zero attached hydrogens (tertiary/aromatic N) is 1. The lowest BCUT2D eigenvalue weighted by Crippen LogP contribution is -2.43. The van der Waals surface area contributed by atoms with Crippen LogP contribution in [0.2, 0.25) is 0 Å². The molecule has 2 aromatic carbocycles. The molecule has 4 nitrogen and oxygen atoms in total. The first-order chi connectivity index (χ1) is 13.7. The highest BCUT2D eigenvalue weighted by Gasteiger charge is 2.53. The van der Waals surface area contributed by atoms with Crippen molar-refractivity contribution in [3.63, 3.8) is 0 Å². The molecule has 0 bridgehead atoms. The maximum Gasteiger partial charge on any atom is 0.418 e. The Kier molecular flexibility index (Phi) is 6.03. The fraction of sp³-hybridized carbons (Fsp3) is 0.333. The molecule has 29 heavy (non-hydrogen) atoms. The monoisotopic (exact) mass is 468 g/mol. The van der Waals surface area contributed by atoms with Crippen LogP contribution in [0.1, 0.15) is 30.9 Å². The van der Waals surface area contributed by atoms with Crippen LogP contribution in [0.4, 0.5) is 18.9 Å². The van der Waals surface area contributed by atoms with Crippen LogP contribution >= 0.6 is 15.9 Å². The molecule has 3 rings (SSSR count). The Hall–Kier alpha value is -2.35. The van der Waals surface area contributed by atoms with Gasteiger partial charge in [0.1, 0.15) is 0 Å². The predicted molar refractivity (Wildman–Crippen MR) is 107 cm³/mol. The standard InChI is InChI=1S/C21H20BrF3N2O2/c1-2-27(19(29)20(10-11-20)14-6-5-7-15(22)12-14)13-18(28)26-17-9-4-3-8-16(17)21(23,24)25/h3-9,12H,2,10-11,13H2,1H3,(H,26,28). The number of nitrogens with one attached hydrogen (secondary N) is 1. The summed E-state index contributed by atoms with van der Waals surface area (Å²) in [6, 6.07) is 12.3. The minimum absolute atomic E-state index is 0.183. The number of rotatable bonds is 6. The molecule has 0 spiro atoms. The largest absolute Gasteiger partial charge is 0.418 e. The minimum Gasteiger partial charge on any atom is -0.333 e. The van der Waals surface area contributed by atoms with Crippen molar-refractivity contribution in [3.8, 4) is 0 Å². The maximum atomic E-state index is 13.1. The van der Waals surface area contributed by atoms with Crippen molar-refractivity contribution in [2.45, 2.75) is 31.4 Å². The van der Waals surface area contributed by atoms with Crippen molar-refractivity contribution in [2.24, 2.45) is 0 Å². The molecule has 1 aliphatic rings. The summed E-state index contributed by atoms with van der Waals surface area (Å²) in [4.78, 5) is 26.9. The van der Waals surface area contributed by atoms with Gasteiger partial charge in [-0.1, -0.05) is 40.2 Å². The van der Waals surface area contributed by atoms with Gasteiger partial charge in [0.15, 0.2) is 0 Å². The van der Waals surface area contributed by atoms with Crippen molar-refractivity contribution < 1.29 is 22.8 Å². The minimum atomic E-state index is -4.58. The first kappa shape index (κ1) is 21.4. The number of para-hydroxylation sites is 1. The van der Waals surface area contributed by atoms with E-state index in [1.54, 1.807) is 6.92 Å². The third-order valence-electron chi connectivity index (χ3n) is 5.05. The normalized spacial score (nSPS) is 14.9. The van der Waals surface area contributed by atoms with E-state index < -0.39 is 23.1 Å². The lowest BCUT2D eigenvalue weighted by atomic mass is 9.94. The van der Waals surface area contributed by atoms with E-state index in [2.05, 4.69) is 21.2 Å². The van der Waals surface area contributed by atoms with Crippen LogP contribution in [-0.2, 0) is 21.2 Å². The second kappa shape index (κ2) is 8.18. The molecule has 154 valence electrons. The van der Waals surface area contributed by atoms with Gasteiger partial charge < -0.3 is 10.2 Å². The van der Waals surface area contributed by atoms with Crippen molar-refractivity contribution in [1.29, 1.82) is 0 Å². The van der Waals surface area contributed by atoms with E-state index in [-0.39, 0.29) is 24.7 Å². The first-order valence-corrected chi connectivity index (χ1v) is 9.98. The van der Waals surface area contributed by atoms with E-state index >= 15 is 0 Å². The van der Waals surface area contributed by atoms with Crippen molar-refractivity contribution in [2.75, 3.05) is 18.4 Å². The molecule has 0 radical (unpaired) electrons. The summed E-state index contributed by atoms with van der Waals surface area (Å²) in [6.45, 7) is 1.71. The Morgan fingerprint density at radius 1 is 1.14 bits per heavy atom. The average molecular weight is 469 g/mol. The Bertz CT molecular complexity index is 926. The number of alkyl halides is 3. The molecule has 1 fully saturated rings. The lowest BCUT2D eigenvalue weighted by Gasteiger charge is -2.26. The molecule has 0 aromatic heterocycles. The molecular formula is C21H20BrF3N2O2. The number of halogens is 4. The molecule has 1 saturated carbocycles. The molecule has 1 aliphatic carbocycles. The molecule has 0 heterocycles. The van der Waals surface area contributed by atoms with Gasteiger partial charge in [0.2, 0.25) is 11.8 Å². The lowest BCUT2D eigenvalue weighted by molar-refractivity contribution is -0.138. The van der Waals surface area contributed by atoms with Crippen LogP contribution in [-0.4, -0.2) is 29.8 Å². The van der Waals surface area contributed by atoms with Crippen LogP contribution in [0.25, 0.3) is 0 Å². The van der Waals surface area contributed by atoms with Crippen LogP contribution < -0.4 is 5.32 Å². The van der Waals surface area contributed by atoms with Crippen molar-refractivity contribution in [1.82, 2.24) is 4.90 Å². The van der Waals surface area contributed by atoms with E-state index in [0.29, 0.717) is 12.8 Å². The van der Waals surface area contributed by atoms with Crippen molar-refractivity contribution >= 4 is 33.4 Å². The smallest absolute Gasteiger partial charge is 0.333 e. The van der Waals surface area contributed by atoms with Gasteiger partial charge in [-0.3, -0.25) is 9.59 Å². The summed E-state index contributed by atoms with van der Waals surface area (Å²) in [7, 11) is 0. The number of hydrogen-bond acceptors (Lipinski definition) is 2. The summed E-state index contributed by atoms with van der Waals surface area (Å²) in [6.07, 6.45) is -3.22. The van der Waals surface area contributed by atoms with E-state index in [1.807, 2.05) is 24.3 Å².